The molecule has 0 aliphatic carbocycles. The molecule has 204 valence electrons. The van der Waals surface area contributed by atoms with Crippen molar-refractivity contribution >= 4 is 56.7 Å². The highest BCUT2D eigenvalue weighted by Gasteiger charge is 2.16. The van der Waals surface area contributed by atoms with E-state index in [1.165, 1.54) is 0 Å². The summed E-state index contributed by atoms with van der Waals surface area (Å²) in [6.07, 6.45) is 4.23. The van der Waals surface area contributed by atoms with Crippen LogP contribution >= 0.6 is 28.1 Å². The number of hydrogen-bond acceptors (Lipinski definition) is 5. The Balaban J connectivity index is 1.50. The zero-order valence-electron chi connectivity index (χ0n) is 21.8. The number of aryl methyl sites for hydroxylation is 1. The maximum absolute atomic E-state index is 12.8. The van der Waals surface area contributed by atoms with Gasteiger partial charge in [0.1, 0.15) is 5.75 Å². The first-order chi connectivity index (χ1) is 18.8. The van der Waals surface area contributed by atoms with Gasteiger partial charge in [0.2, 0.25) is 0 Å². The summed E-state index contributed by atoms with van der Waals surface area (Å²) < 4.78 is 6.54. The van der Waals surface area contributed by atoms with Crippen LogP contribution < -0.4 is 26.2 Å². The summed E-state index contributed by atoms with van der Waals surface area (Å²) in [5, 5.41) is 5.29. The van der Waals surface area contributed by atoms with Crippen molar-refractivity contribution in [2.45, 2.75) is 39.5 Å². The molecule has 0 bridgehead atoms. The minimum absolute atomic E-state index is 0.0793. The minimum atomic E-state index is -0.472. The van der Waals surface area contributed by atoms with Gasteiger partial charge in [0, 0.05) is 21.3 Å². The molecule has 0 atom stereocenters. The van der Waals surface area contributed by atoms with E-state index >= 15 is 0 Å². The van der Waals surface area contributed by atoms with E-state index in [9.17, 15) is 14.4 Å². The van der Waals surface area contributed by atoms with Gasteiger partial charge in [-0.3, -0.25) is 30.6 Å². The van der Waals surface area contributed by atoms with Crippen molar-refractivity contribution in [2.24, 2.45) is 0 Å². The normalized spacial score (nSPS) is 10.3. The van der Waals surface area contributed by atoms with E-state index in [4.69, 9.17) is 17.0 Å². The van der Waals surface area contributed by atoms with Crippen LogP contribution in [0, 0.1) is 6.92 Å². The highest BCUT2D eigenvalue weighted by atomic mass is 79.9. The quantitative estimate of drug-likeness (QED) is 0.129. The number of hydrazine groups is 1. The summed E-state index contributed by atoms with van der Waals surface area (Å²) in [6, 6.07) is 18.8. The van der Waals surface area contributed by atoms with Crippen LogP contribution in [-0.2, 0) is 0 Å². The van der Waals surface area contributed by atoms with E-state index < -0.39 is 11.8 Å². The number of halogens is 1. The van der Waals surface area contributed by atoms with Crippen molar-refractivity contribution in [3.63, 3.8) is 0 Å². The molecule has 3 aromatic rings. The van der Waals surface area contributed by atoms with Crippen LogP contribution in [-0.4, -0.2) is 29.4 Å². The SMILES string of the molecule is CCCCCCOc1ccc(Br)cc1C(=O)NC(=S)NNC(=O)c1ccc(NC(=O)c2ccccc2C)cc1. The van der Waals surface area contributed by atoms with Gasteiger partial charge in [-0.25, -0.2) is 0 Å². The minimum Gasteiger partial charge on any atom is -0.493 e. The van der Waals surface area contributed by atoms with Gasteiger partial charge >= 0.3 is 0 Å². The second-order valence-electron chi connectivity index (χ2n) is 8.76. The molecule has 0 fully saturated rings. The third-order valence-corrected chi connectivity index (χ3v) is 6.45. The zero-order valence-corrected chi connectivity index (χ0v) is 24.2. The number of nitrogens with one attached hydrogen (secondary N) is 4. The van der Waals surface area contributed by atoms with Crippen LogP contribution in [0.25, 0.3) is 0 Å². The molecule has 0 spiro atoms. The lowest BCUT2D eigenvalue weighted by Gasteiger charge is -2.14. The standard InChI is InChI=1S/C29H31BrN4O4S/c1-3-4-5-8-17-38-25-16-13-21(30)18-24(25)28(37)32-29(39)34-33-26(35)20-11-14-22(15-12-20)31-27(36)23-10-7-6-9-19(23)2/h6-7,9-16,18H,3-5,8,17H2,1-2H3,(H,31,36)(H,33,35)(H2,32,34,37,39). The molecule has 3 amide bonds. The Kier molecular flexibility index (Phi) is 11.4. The monoisotopic (exact) mass is 610 g/mol. The Morgan fingerprint density at radius 2 is 1.59 bits per heavy atom. The number of thiocarbonyl (C=S) groups is 1. The Morgan fingerprint density at radius 3 is 2.31 bits per heavy atom. The fourth-order valence-electron chi connectivity index (χ4n) is 3.63. The van der Waals surface area contributed by atoms with E-state index in [-0.39, 0.29) is 11.0 Å². The Labute approximate surface area is 242 Å². The number of unbranched alkanes of at least 4 members (excludes halogenated alkanes) is 3. The molecule has 0 aliphatic heterocycles. The van der Waals surface area contributed by atoms with Gasteiger partial charge in [0.15, 0.2) is 5.11 Å². The first-order valence-corrected chi connectivity index (χ1v) is 13.8. The second kappa shape index (κ2) is 15.0. The van der Waals surface area contributed by atoms with Gasteiger partial charge in [0.25, 0.3) is 17.7 Å². The Hall–Kier alpha value is -3.76. The summed E-state index contributed by atoms with van der Waals surface area (Å²) in [5.41, 5.74) is 7.63. The van der Waals surface area contributed by atoms with Gasteiger partial charge in [-0.2, -0.15) is 0 Å². The van der Waals surface area contributed by atoms with Crippen LogP contribution in [0.5, 0.6) is 5.75 Å². The van der Waals surface area contributed by atoms with E-state index in [2.05, 4.69) is 44.3 Å². The molecular formula is C29H31BrN4O4S. The number of anilines is 1. The molecule has 3 rings (SSSR count). The van der Waals surface area contributed by atoms with Crippen molar-refractivity contribution in [3.8, 4) is 5.75 Å². The van der Waals surface area contributed by atoms with Crippen molar-refractivity contribution in [2.75, 3.05) is 11.9 Å². The second-order valence-corrected chi connectivity index (χ2v) is 10.1. The molecule has 0 saturated carbocycles. The fraction of sp³-hybridized carbons (Fsp3) is 0.241. The lowest BCUT2D eigenvalue weighted by molar-refractivity contribution is 0.0933. The average Bonchev–Trinajstić information content (AvgIpc) is 2.92. The predicted molar refractivity (Wildman–Crippen MR) is 160 cm³/mol. The fourth-order valence-corrected chi connectivity index (χ4v) is 4.14. The Morgan fingerprint density at radius 1 is 0.846 bits per heavy atom. The van der Waals surface area contributed by atoms with Gasteiger partial charge in [0.05, 0.1) is 12.2 Å². The van der Waals surface area contributed by atoms with Gasteiger partial charge in [-0.15, -0.1) is 0 Å². The highest BCUT2D eigenvalue weighted by Crippen LogP contribution is 2.24. The predicted octanol–water partition coefficient (Wildman–Crippen LogP) is 5.92. The largest absolute Gasteiger partial charge is 0.493 e. The molecule has 39 heavy (non-hydrogen) atoms. The molecule has 0 aromatic heterocycles. The average molecular weight is 612 g/mol. The molecule has 0 unspecified atom stereocenters. The van der Waals surface area contributed by atoms with Crippen LogP contribution in [0.2, 0.25) is 0 Å². The number of amides is 3. The van der Waals surface area contributed by atoms with Crippen LogP contribution in [0.3, 0.4) is 0 Å². The Bertz CT molecular complexity index is 1330. The molecule has 8 nitrogen and oxygen atoms in total. The lowest BCUT2D eigenvalue weighted by Crippen LogP contribution is -2.48. The summed E-state index contributed by atoms with van der Waals surface area (Å²) in [6.45, 7) is 4.51. The number of rotatable bonds is 10. The number of benzene rings is 3. The molecule has 4 N–H and O–H groups in total. The van der Waals surface area contributed by atoms with E-state index in [0.717, 1.165) is 35.7 Å². The first-order valence-electron chi connectivity index (χ1n) is 12.6. The third-order valence-electron chi connectivity index (χ3n) is 5.75. The smallest absolute Gasteiger partial charge is 0.269 e. The zero-order chi connectivity index (χ0) is 28.2. The maximum atomic E-state index is 12.8. The van der Waals surface area contributed by atoms with E-state index in [1.54, 1.807) is 54.6 Å². The van der Waals surface area contributed by atoms with Crippen molar-refractivity contribution in [3.05, 3.63) is 93.5 Å². The summed E-state index contributed by atoms with van der Waals surface area (Å²) in [7, 11) is 0. The maximum Gasteiger partial charge on any atom is 0.269 e. The van der Waals surface area contributed by atoms with E-state index in [1.807, 2.05) is 19.1 Å². The van der Waals surface area contributed by atoms with Crippen LogP contribution in [0.15, 0.2) is 71.2 Å². The van der Waals surface area contributed by atoms with Crippen molar-refractivity contribution in [1.82, 2.24) is 16.2 Å². The first kappa shape index (κ1) is 29.8. The molecule has 10 heteroatoms. The van der Waals surface area contributed by atoms with Gasteiger partial charge < -0.3 is 10.1 Å². The van der Waals surface area contributed by atoms with Crippen LogP contribution in [0.1, 0.15) is 69.2 Å². The molecule has 0 aliphatic rings. The highest BCUT2D eigenvalue weighted by molar-refractivity contribution is 9.10. The molecule has 3 aromatic carbocycles. The number of carbonyl (C=O) groups is 3. The molecule has 0 heterocycles. The summed E-state index contributed by atoms with van der Waals surface area (Å²) in [5.74, 6) is -0.723. The van der Waals surface area contributed by atoms with Crippen LogP contribution in [0.4, 0.5) is 5.69 Å². The topological polar surface area (TPSA) is 109 Å². The number of carbonyl (C=O) groups excluding carboxylic acids is 3. The number of ether oxygens (including phenoxy) is 1. The van der Waals surface area contributed by atoms with Crippen molar-refractivity contribution in [1.29, 1.82) is 0 Å². The molecule has 0 saturated heterocycles. The summed E-state index contributed by atoms with van der Waals surface area (Å²) in [4.78, 5) is 37.9. The van der Waals surface area contributed by atoms with Gasteiger partial charge in [-0.05, 0) is 79.7 Å². The summed E-state index contributed by atoms with van der Waals surface area (Å²) >= 11 is 8.56. The number of hydrogen-bond donors (Lipinski definition) is 4. The molecular weight excluding hydrogens is 580 g/mol. The lowest BCUT2D eigenvalue weighted by atomic mass is 10.1. The third kappa shape index (κ3) is 9.19. The van der Waals surface area contributed by atoms with Gasteiger partial charge in [-0.1, -0.05) is 60.3 Å². The molecule has 0 radical (unpaired) electrons. The van der Waals surface area contributed by atoms with E-state index in [0.29, 0.717) is 34.7 Å². The van der Waals surface area contributed by atoms with Crippen molar-refractivity contribution < 1.29 is 19.1 Å².